The van der Waals surface area contributed by atoms with Crippen molar-refractivity contribution in [2.45, 2.75) is 19.4 Å². The summed E-state index contributed by atoms with van der Waals surface area (Å²) < 4.78 is 11.9. The van der Waals surface area contributed by atoms with Crippen molar-refractivity contribution in [1.29, 1.82) is 0 Å². The highest BCUT2D eigenvalue weighted by Gasteiger charge is 2.09. The zero-order valence-electron chi connectivity index (χ0n) is 7.09. The van der Waals surface area contributed by atoms with Crippen molar-refractivity contribution in [1.82, 2.24) is 10.3 Å². The van der Waals surface area contributed by atoms with Gasteiger partial charge in [0.05, 0.1) is 6.04 Å². The van der Waals surface area contributed by atoms with Gasteiger partial charge in [-0.15, -0.1) is 11.3 Å². The number of rotatable bonds is 5. The minimum Gasteiger partial charge on any atom is -0.305 e. The fraction of sp³-hybridized carbons (Fsp3) is 0.625. The van der Waals surface area contributed by atoms with Gasteiger partial charge in [0, 0.05) is 18.1 Å². The zero-order valence-corrected chi connectivity index (χ0v) is 7.90. The Bertz CT molecular complexity index is 201. The lowest BCUT2D eigenvalue weighted by Gasteiger charge is -2.12. The number of nitrogens with one attached hydrogen (secondary N) is 1. The van der Waals surface area contributed by atoms with E-state index in [9.17, 15) is 4.39 Å². The lowest BCUT2D eigenvalue weighted by Crippen LogP contribution is -2.22. The van der Waals surface area contributed by atoms with E-state index in [-0.39, 0.29) is 12.7 Å². The highest BCUT2D eigenvalue weighted by molar-refractivity contribution is 7.09. The third kappa shape index (κ3) is 2.53. The number of thiazole rings is 1. The third-order valence-corrected chi connectivity index (χ3v) is 2.53. The molecule has 0 bridgehead atoms. The molecule has 0 aliphatic rings. The van der Waals surface area contributed by atoms with E-state index in [1.54, 1.807) is 17.5 Å². The van der Waals surface area contributed by atoms with Gasteiger partial charge >= 0.3 is 0 Å². The molecule has 1 rings (SSSR count). The largest absolute Gasteiger partial charge is 0.305 e. The molecule has 0 spiro atoms. The quantitative estimate of drug-likeness (QED) is 0.766. The Hall–Kier alpha value is -0.480. The minimum absolute atomic E-state index is 0.223. The predicted molar refractivity (Wildman–Crippen MR) is 49.1 cm³/mol. The second-order valence-electron chi connectivity index (χ2n) is 2.47. The van der Waals surface area contributed by atoms with E-state index >= 15 is 0 Å². The number of aromatic nitrogens is 1. The summed E-state index contributed by atoms with van der Waals surface area (Å²) in [5.74, 6) is 0. The molecule has 0 aliphatic carbocycles. The van der Waals surface area contributed by atoms with Crippen LogP contribution in [0.1, 0.15) is 24.4 Å². The van der Waals surface area contributed by atoms with Crippen LogP contribution in [-0.4, -0.2) is 18.2 Å². The maximum atomic E-state index is 11.9. The molecule has 0 amide bonds. The first kappa shape index (κ1) is 9.61. The molecule has 1 heterocycles. The smallest absolute Gasteiger partial charge is 0.109 e. The summed E-state index contributed by atoms with van der Waals surface area (Å²) in [5, 5.41) is 6.08. The van der Waals surface area contributed by atoms with Crippen LogP contribution in [0.5, 0.6) is 0 Å². The minimum atomic E-state index is -0.318. The Morgan fingerprint density at radius 1 is 1.75 bits per heavy atom. The second kappa shape index (κ2) is 5.22. The molecule has 1 aromatic rings. The van der Waals surface area contributed by atoms with E-state index in [1.165, 1.54) is 0 Å². The Balaban J connectivity index is 2.45. The van der Waals surface area contributed by atoms with Crippen LogP contribution in [0.25, 0.3) is 0 Å². The van der Waals surface area contributed by atoms with E-state index in [2.05, 4.69) is 17.2 Å². The van der Waals surface area contributed by atoms with Gasteiger partial charge in [-0.05, 0) is 6.42 Å². The second-order valence-corrected chi connectivity index (χ2v) is 3.40. The molecule has 2 nitrogen and oxygen atoms in total. The highest BCUT2D eigenvalue weighted by atomic mass is 32.1. The van der Waals surface area contributed by atoms with Crippen LogP contribution in [0.2, 0.25) is 0 Å². The van der Waals surface area contributed by atoms with Crippen molar-refractivity contribution in [3.8, 4) is 0 Å². The molecule has 0 aliphatic heterocycles. The van der Waals surface area contributed by atoms with Gasteiger partial charge in [0.2, 0.25) is 0 Å². The SMILES string of the molecule is CCC(NCCF)c1nccs1. The molecule has 4 heteroatoms. The Morgan fingerprint density at radius 3 is 3.08 bits per heavy atom. The molecule has 68 valence electrons. The van der Waals surface area contributed by atoms with Crippen molar-refractivity contribution in [2.24, 2.45) is 0 Å². The summed E-state index contributed by atoms with van der Waals surface area (Å²) in [5.41, 5.74) is 0. The zero-order chi connectivity index (χ0) is 8.81. The monoisotopic (exact) mass is 188 g/mol. The van der Waals surface area contributed by atoms with Crippen molar-refractivity contribution < 1.29 is 4.39 Å². The van der Waals surface area contributed by atoms with Gasteiger partial charge in [0.15, 0.2) is 0 Å². The Kier molecular flexibility index (Phi) is 4.18. The van der Waals surface area contributed by atoms with E-state index in [0.29, 0.717) is 6.54 Å². The molecule has 1 aromatic heterocycles. The molecular weight excluding hydrogens is 175 g/mol. The van der Waals surface area contributed by atoms with Gasteiger partial charge in [-0.1, -0.05) is 6.92 Å². The molecule has 12 heavy (non-hydrogen) atoms. The number of halogens is 1. The standard InChI is InChI=1S/C8H13FN2S/c1-2-7(10-4-3-9)8-11-5-6-12-8/h5-7,10H,2-4H2,1H3. The number of hydrogen-bond donors (Lipinski definition) is 1. The van der Waals surface area contributed by atoms with E-state index in [0.717, 1.165) is 11.4 Å². The number of hydrogen-bond acceptors (Lipinski definition) is 3. The van der Waals surface area contributed by atoms with E-state index < -0.39 is 0 Å². The first-order valence-electron chi connectivity index (χ1n) is 4.07. The van der Waals surface area contributed by atoms with Crippen LogP contribution in [0.3, 0.4) is 0 Å². The molecular formula is C8H13FN2S. The van der Waals surface area contributed by atoms with Gasteiger partial charge in [0.25, 0.3) is 0 Å². The Morgan fingerprint density at radius 2 is 2.58 bits per heavy atom. The third-order valence-electron chi connectivity index (χ3n) is 1.64. The molecule has 0 aromatic carbocycles. The summed E-state index contributed by atoms with van der Waals surface area (Å²) in [6.45, 7) is 2.16. The van der Waals surface area contributed by atoms with Crippen LogP contribution in [0, 0.1) is 0 Å². The average molecular weight is 188 g/mol. The first-order valence-corrected chi connectivity index (χ1v) is 4.95. The highest BCUT2D eigenvalue weighted by Crippen LogP contribution is 2.17. The molecule has 1 N–H and O–H groups in total. The van der Waals surface area contributed by atoms with Crippen LogP contribution >= 0.6 is 11.3 Å². The topological polar surface area (TPSA) is 24.9 Å². The van der Waals surface area contributed by atoms with Crippen molar-refractivity contribution in [3.05, 3.63) is 16.6 Å². The van der Waals surface area contributed by atoms with Crippen LogP contribution in [0.15, 0.2) is 11.6 Å². The molecule has 0 saturated heterocycles. The van der Waals surface area contributed by atoms with E-state index in [1.807, 2.05) is 5.38 Å². The lowest BCUT2D eigenvalue weighted by molar-refractivity contribution is 0.428. The van der Waals surface area contributed by atoms with Crippen LogP contribution in [-0.2, 0) is 0 Å². The number of alkyl halides is 1. The van der Waals surface area contributed by atoms with Crippen molar-refractivity contribution in [2.75, 3.05) is 13.2 Å². The fourth-order valence-electron chi connectivity index (χ4n) is 1.04. The number of nitrogens with zero attached hydrogens (tertiary/aromatic N) is 1. The average Bonchev–Trinajstić information content (AvgIpc) is 2.59. The molecule has 1 unspecified atom stereocenters. The van der Waals surface area contributed by atoms with Gasteiger partial charge in [-0.3, -0.25) is 0 Å². The summed E-state index contributed by atoms with van der Waals surface area (Å²) >= 11 is 1.61. The Labute approximate surface area is 75.8 Å². The fourth-order valence-corrected chi connectivity index (χ4v) is 1.84. The predicted octanol–water partition coefficient (Wildman–Crippen LogP) is 2.15. The van der Waals surface area contributed by atoms with Gasteiger partial charge in [-0.25, -0.2) is 9.37 Å². The lowest BCUT2D eigenvalue weighted by atomic mass is 10.2. The van der Waals surface area contributed by atoms with Gasteiger partial charge in [-0.2, -0.15) is 0 Å². The van der Waals surface area contributed by atoms with Gasteiger partial charge < -0.3 is 5.32 Å². The normalized spacial score (nSPS) is 13.2. The molecule has 0 saturated carbocycles. The molecule has 1 atom stereocenters. The van der Waals surface area contributed by atoms with Crippen LogP contribution in [0.4, 0.5) is 4.39 Å². The summed E-state index contributed by atoms with van der Waals surface area (Å²) in [6, 6.07) is 0.223. The summed E-state index contributed by atoms with van der Waals surface area (Å²) in [4.78, 5) is 4.17. The molecule has 0 radical (unpaired) electrons. The van der Waals surface area contributed by atoms with Crippen molar-refractivity contribution >= 4 is 11.3 Å². The van der Waals surface area contributed by atoms with Gasteiger partial charge in [0.1, 0.15) is 11.7 Å². The van der Waals surface area contributed by atoms with Crippen molar-refractivity contribution in [3.63, 3.8) is 0 Å². The van der Waals surface area contributed by atoms with Crippen LogP contribution < -0.4 is 5.32 Å². The van der Waals surface area contributed by atoms with E-state index in [4.69, 9.17) is 0 Å². The first-order chi connectivity index (χ1) is 5.88. The molecule has 0 fully saturated rings. The summed E-state index contributed by atoms with van der Waals surface area (Å²) in [7, 11) is 0. The maximum Gasteiger partial charge on any atom is 0.109 e. The summed E-state index contributed by atoms with van der Waals surface area (Å²) in [6.07, 6.45) is 2.73. The maximum absolute atomic E-state index is 11.9.